The molecule has 0 amide bonds. The van der Waals surface area contributed by atoms with E-state index < -0.39 is 0 Å². The molecule has 1 aliphatic rings. The number of hydrogen-bond donors (Lipinski definition) is 2. The van der Waals surface area contributed by atoms with Crippen molar-refractivity contribution in [2.45, 2.75) is 26.4 Å². The van der Waals surface area contributed by atoms with E-state index in [0.29, 0.717) is 0 Å². The fraction of sp³-hybridized carbons (Fsp3) is 0.571. The molecule has 0 radical (unpaired) electrons. The van der Waals surface area contributed by atoms with Gasteiger partial charge in [-0.3, -0.25) is 0 Å². The van der Waals surface area contributed by atoms with Crippen LogP contribution in [0, 0.1) is 0 Å². The van der Waals surface area contributed by atoms with Gasteiger partial charge in [0.25, 0.3) is 0 Å². The maximum atomic E-state index is 6.20. The number of piperazine rings is 1. The SMILES string of the molecule is CC(C)[NH+]1CC[NH+](Cc2ccccc2Cl)CC1. The van der Waals surface area contributed by atoms with Crippen molar-refractivity contribution in [3.05, 3.63) is 34.9 Å². The van der Waals surface area contributed by atoms with Crippen LogP contribution in [0.1, 0.15) is 19.4 Å². The molecule has 0 unspecified atom stereocenters. The minimum Gasteiger partial charge on any atom is -0.324 e. The summed E-state index contributed by atoms with van der Waals surface area (Å²) in [7, 11) is 0. The van der Waals surface area contributed by atoms with Crippen LogP contribution in [0.15, 0.2) is 24.3 Å². The summed E-state index contributed by atoms with van der Waals surface area (Å²) in [4.78, 5) is 3.41. The van der Waals surface area contributed by atoms with Crippen LogP contribution in [0.4, 0.5) is 0 Å². The van der Waals surface area contributed by atoms with Crippen LogP contribution in [0.25, 0.3) is 0 Å². The van der Waals surface area contributed by atoms with Crippen LogP contribution >= 0.6 is 11.6 Å². The first-order valence-corrected chi connectivity index (χ1v) is 6.96. The second-order valence-electron chi connectivity index (χ2n) is 5.33. The van der Waals surface area contributed by atoms with E-state index in [0.717, 1.165) is 17.6 Å². The van der Waals surface area contributed by atoms with E-state index in [4.69, 9.17) is 11.6 Å². The highest BCUT2D eigenvalue weighted by Crippen LogP contribution is 2.13. The van der Waals surface area contributed by atoms with Crippen molar-refractivity contribution in [2.24, 2.45) is 0 Å². The Bertz CT molecular complexity index is 357. The van der Waals surface area contributed by atoms with Crippen molar-refractivity contribution in [3.8, 4) is 0 Å². The normalized spacial score (nSPS) is 25.2. The smallest absolute Gasteiger partial charge is 0.127 e. The highest BCUT2D eigenvalue weighted by atomic mass is 35.5. The Hall–Kier alpha value is -0.570. The minimum atomic E-state index is 0.761. The van der Waals surface area contributed by atoms with Crippen LogP contribution in [0.3, 0.4) is 0 Å². The van der Waals surface area contributed by atoms with E-state index in [1.807, 2.05) is 12.1 Å². The largest absolute Gasteiger partial charge is 0.324 e. The highest BCUT2D eigenvalue weighted by molar-refractivity contribution is 6.31. The molecule has 1 aliphatic heterocycles. The summed E-state index contributed by atoms with van der Waals surface area (Å²) in [6.07, 6.45) is 0. The summed E-state index contributed by atoms with van der Waals surface area (Å²) in [5, 5.41) is 0.915. The predicted molar refractivity (Wildman–Crippen MR) is 71.7 cm³/mol. The number of nitrogens with one attached hydrogen (secondary N) is 2. The lowest BCUT2D eigenvalue weighted by atomic mass is 10.2. The van der Waals surface area contributed by atoms with E-state index in [2.05, 4.69) is 26.0 Å². The molecule has 0 bridgehead atoms. The van der Waals surface area contributed by atoms with Crippen LogP contribution in [-0.4, -0.2) is 32.2 Å². The van der Waals surface area contributed by atoms with Crippen molar-refractivity contribution >= 4 is 11.6 Å². The number of benzene rings is 1. The van der Waals surface area contributed by atoms with Crippen molar-refractivity contribution < 1.29 is 9.80 Å². The predicted octanol–water partition coefficient (Wildman–Crippen LogP) is 0.0318. The van der Waals surface area contributed by atoms with Gasteiger partial charge in [-0.2, -0.15) is 0 Å². The maximum Gasteiger partial charge on any atom is 0.127 e. The van der Waals surface area contributed by atoms with E-state index in [-0.39, 0.29) is 0 Å². The maximum absolute atomic E-state index is 6.20. The lowest BCUT2D eigenvalue weighted by Crippen LogP contribution is -3.28. The molecule has 2 nitrogen and oxygen atoms in total. The van der Waals surface area contributed by atoms with Crippen LogP contribution in [-0.2, 0) is 6.54 Å². The Morgan fingerprint density at radius 2 is 1.76 bits per heavy atom. The summed E-state index contributed by atoms with van der Waals surface area (Å²) in [5.74, 6) is 0. The van der Waals surface area contributed by atoms with Crippen molar-refractivity contribution in [3.63, 3.8) is 0 Å². The zero-order valence-corrected chi connectivity index (χ0v) is 11.6. The third kappa shape index (κ3) is 3.44. The van der Waals surface area contributed by atoms with Gasteiger partial charge in [0.05, 0.1) is 6.04 Å². The van der Waals surface area contributed by atoms with E-state index in [1.54, 1.807) is 9.80 Å². The molecule has 1 heterocycles. The summed E-state index contributed by atoms with van der Waals surface area (Å²) >= 11 is 6.20. The molecule has 1 saturated heterocycles. The molecule has 0 aromatic heterocycles. The molecule has 1 aromatic carbocycles. The van der Waals surface area contributed by atoms with E-state index in [1.165, 1.54) is 31.7 Å². The molecule has 0 aliphatic carbocycles. The van der Waals surface area contributed by atoms with Gasteiger partial charge in [0.1, 0.15) is 32.7 Å². The molecule has 17 heavy (non-hydrogen) atoms. The van der Waals surface area contributed by atoms with Gasteiger partial charge in [0.2, 0.25) is 0 Å². The first-order valence-electron chi connectivity index (χ1n) is 6.58. The van der Waals surface area contributed by atoms with Gasteiger partial charge in [-0.15, -0.1) is 0 Å². The average Bonchev–Trinajstić information content (AvgIpc) is 2.33. The molecule has 0 saturated carbocycles. The van der Waals surface area contributed by atoms with Crippen molar-refractivity contribution in [1.82, 2.24) is 0 Å². The van der Waals surface area contributed by atoms with E-state index >= 15 is 0 Å². The number of rotatable bonds is 3. The van der Waals surface area contributed by atoms with Gasteiger partial charge in [0, 0.05) is 10.6 Å². The zero-order valence-electron chi connectivity index (χ0n) is 10.8. The third-order valence-electron chi connectivity index (χ3n) is 3.81. The highest BCUT2D eigenvalue weighted by Gasteiger charge is 2.24. The first kappa shape index (κ1) is 12.9. The monoisotopic (exact) mass is 254 g/mol. The number of halogens is 1. The molecule has 0 atom stereocenters. The molecule has 94 valence electrons. The topological polar surface area (TPSA) is 8.88 Å². The molecular formula is C14H23ClN2+2. The second-order valence-corrected chi connectivity index (χ2v) is 5.74. The standard InChI is InChI=1S/C14H21ClN2/c1-12(2)17-9-7-16(8-10-17)11-13-5-3-4-6-14(13)15/h3-6,12H,7-11H2,1-2H3/p+2. The van der Waals surface area contributed by atoms with Gasteiger partial charge < -0.3 is 9.80 Å². The Kier molecular flexibility index (Phi) is 4.43. The third-order valence-corrected chi connectivity index (χ3v) is 4.18. The lowest BCUT2D eigenvalue weighted by molar-refractivity contribution is -1.03. The minimum absolute atomic E-state index is 0.761. The summed E-state index contributed by atoms with van der Waals surface area (Å²) in [6, 6.07) is 8.98. The lowest BCUT2D eigenvalue weighted by Gasteiger charge is -2.32. The average molecular weight is 255 g/mol. The molecule has 0 spiro atoms. The van der Waals surface area contributed by atoms with Crippen LogP contribution in [0.2, 0.25) is 5.02 Å². The zero-order chi connectivity index (χ0) is 12.3. The van der Waals surface area contributed by atoms with Crippen molar-refractivity contribution in [2.75, 3.05) is 26.2 Å². The Morgan fingerprint density at radius 1 is 1.12 bits per heavy atom. The Morgan fingerprint density at radius 3 is 2.35 bits per heavy atom. The van der Waals surface area contributed by atoms with Crippen LogP contribution in [0.5, 0.6) is 0 Å². The van der Waals surface area contributed by atoms with Gasteiger partial charge in [-0.1, -0.05) is 29.8 Å². The molecular weight excluding hydrogens is 232 g/mol. The molecule has 2 N–H and O–H groups in total. The van der Waals surface area contributed by atoms with Gasteiger partial charge in [-0.25, -0.2) is 0 Å². The summed E-state index contributed by atoms with van der Waals surface area (Å²) < 4.78 is 0. The quantitative estimate of drug-likeness (QED) is 0.754. The Balaban J connectivity index is 1.88. The molecule has 1 fully saturated rings. The fourth-order valence-corrected chi connectivity index (χ4v) is 2.79. The fourth-order valence-electron chi connectivity index (χ4n) is 2.59. The van der Waals surface area contributed by atoms with Crippen LogP contribution < -0.4 is 9.80 Å². The Labute approximate surface area is 109 Å². The van der Waals surface area contributed by atoms with Gasteiger partial charge in [-0.05, 0) is 19.9 Å². The summed E-state index contributed by atoms with van der Waals surface area (Å²) in [6.45, 7) is 10.8. The van der Waals surface area contributed by atoms with Crippen molar-refractivity contribution in [1.29, 1.82) is 0 Å². The first-order chi connectivity index (χ1) is 8.16. The van der Waals surface area contributed by atoms with E-state index in [9.17, 15) is 0 Å². The molecule has 1 aromatic rings. The van der Waals surface area contributed by atoms with Gasteiger partial charge >= 0.3 is 0 Å². The number of hydrogen-bond acceptors (Lipinski definition) is 0. The second kappa shape index (κ2) is 5.85. The van der Waals surface area contributed by atoms with Gasteiger partial charge in [0.15, 0.2) is 0 Å². The number of quaternary nitrogens is 2. The molecule has 2 rings (SSSR count). The molecule has 3 heteroatoms. The summed E-state index contributed by atoms with van der Waals surface area (Å²) in [5.41, 5.74) is 1.29.